The molecule has 0 radical (unpaired) electrons. The van der Waals surface area contributed by atoms with Crippen LogP contribution >= 0.6 is 0 Å². The lowest BCUT2D eigenvalue weighted by Crippen LogP contribution is -2.65. The van der Waals surface area contributed by atoms with Crippen molar-refractivity contribution >= 4 is 17.0 Å². The van der Waals surface area contributed by atoms with Gasteiger partial charge in [0.25, 0.3) is 0 Å². The van der Waals surface area contributed by atoms with Crippen LogP contribution in [0.25, 0.3) is 11.2 Å². The molecule has 0 aliphatic heterocycles. The van der Waals surface area contributed by atoms with Crippen LogP contribution in [0.5, 0.6) is 0 Å². The number of nitrogen functional groups attached to an aromatic ring is 1. The van der Waals surface area contributed by atoms with Gasteiger partial charge in [0.05, 0.1) is 25.3 Å². The van der Waals surface area contributed by atoms with Crippen LogP contribution in [0.2, 0.25) is 0 Å². The predicted molar refractivity (Wildman–Crippen MR) is 135 cm³/mol. The van der Waals surface area contributed by atoms with Gasteiger partial charge in [0.1, 0.15) is 0 Å². The van der Waals surface area contributed by atoms with Crippen LogP contribution in [0, 0.1) is 22.7 Å². The Morgan fingerprint density at radius 3 is 2.74 bits per heavy atom. The Kier molecular flexibility index (Phi) is 6.58. The summed E-state index contributed by atoms with van der Waals surface area (Å²) in [5.41, 5.74) is 8.98. The van der Waals surface area contributed by atoms with E-state index in [1.807, 2.05) is 17.9 Å². The second-order valence-electron chi connectivity index (χ2n) is 11.7. The molecule has 0 aromatic carbocycles. The molecule has 2 aliphatic carbocycles. The number of nitrogens with two attached hydrogens (primary N) is 1. The van der Waals surface area contributed by atoms with E-state index in [1.54, 1.807) is 7.11 Å². The summed E-state index contributed by atoms with van der Waals surface area (Å²) in [7, 11) is 3.76. The van der Waals surface area contributed by atoms with Crippen molar-refractivity contribution in [2.45, 2.75) is 91.4 Å². The second-order valence-corrected chi connectivity index (χ2v) is 11.7. The van der Waals surface area contributed by atoms with Crippen molar-refractivity contribution in [1.82, 2.24) is 14.5 Å². The van der Waals surface area contributed by atoms with Crippen LogP contribution in [0.1, 0.15) is 73.1 Å². The average molecular weight is 471 g/mol. The maximum atomic E-state index is 10.9. The molecule has 2 fully saturated rings. The first-order chi connectivity index (χ1) is 16.0. The van der Waals surface area contributed by atoms with E-state index in [1.165, 1.54) is 18.3 Å². The van der Waals surface area contributed by atoms with Gasteiger partial charge in [0.2, 0.25) is 5.52 Å². The maximum Gasteiger partial charge on any atom is 0.307 e. The van der Waals surface area contributed by atoms with E-state index in [4.69, 9.17) is 10.5 Å². The fraction of sp³-hybridized carbons (Fsp3) is 0.741. The standard InChI is InChI=1S/C27H44N5O2/c1-18(12-15-32-17-31(6)24-22(32)23(28)29-16-30-24)10-13-25(3)19(2)11-14-26(4)20(25)8-9-21(33)27(26,5)34-7/h12,16-17,19-21,33H,8-11,13-15H2,1-7H3,(H2,28,29,30)/q+1/b18-12+/t19-,20-,21-,25+,26-,27+/m1/s1. The van der Waals surface area contributed by atoms with Gasteiger partial charge in [-0.25, -0.2) is 4.57 Å². The average Bonchev–Trinajstić information content (AvgIpc) is 3.14. The summed E-state index contributed by atoms with van der Waals surface area (Å²) in [6, 6.07) is 0. The van der Waals surface area contributed by atoms with Crippen LogP contribution in [-0.4, -0.2) is 38.5 Å². The van der Waals surface area contributed by atoms with Crippen LogP contribution < -0.4 is 10.3 Å². The summed E-state index contributed by atoms with van der Waals surface area (Å²) in [6.45, 7) is 12.4. The van der Waals surface area contributed by atoms with E-state index in [0.717, 1.165) is 49.8 Å². The van der Waals surface area contributed by atoms with E-state index in [-0.39, 0.29) is 10.8 Å². The number of allylic oxidation sites excluding steroid dienone is 2. The molecule has 0 unspecified atom stereocenters. The first-order valence-corrected chi connectivity index (χ1v) is 12.8. The highest BCUT2D eigenvalue weighted by molar-refractivity contribution is 5.79. The molecule has 7 heteroatoms. The van der Waals surface area contributed by atoms with Gasteiger partial charge in [-0.3, -0.25) is 4.57 Å². The van der Waals surface area contributed by atoms with Crippen LogP contribution in [0.3, 0.4) is 0 Å². The van der Waals surface area contributed by atoms with Gasteiger partial charge in [-0.2, -0.15) is 4.98 Å². The van der Waals surface area contributed by atoms with E-state index < -0.39 is 11.7 Å². The van der Waals surface area contributed by atoms with Crippen LogP contribution in [0.4, 0.5) is 5.82 Å². The fourth-order valence-corrected chi connectivity index (χ4v) is 7.30. The quantitative estimate of drug-likeness (QED) is 0.488. The molecule has 0 spiro atoms. The lowest BCUT2D eigenvalue weighted by molar-refractivity contribution is -0.647. The molecule has 2 saturated carbocycles. The Labute approximate surface area is 204 Å². The number of fused-ring (bicyclic) bond motifs is 2. The van der Waals surface area contributed by atoms with E-state index in [2.05, 4.69) is 55.2 Å². The third kappa shape index (κ3) is 3.76. The number of aryl methyl sites for hydroxylation is 1. The molecular formula is C27H44N5O2+. The molecule has 0 amide bonds. The fourth-order valence-electron chi connectivity index (χ4n) is 7.30. The minimum absolute atomic E-state index is 0.0192. The molecule has 7 nitrogen and oxygen atoms in total. The van der Waals surface area contributed by atoms with Crippen molar-refractivity contribution in [3.8, 4) is 0 Å². The third-order valence-corrected chi connectivity index (χ3v) is 10.2. The number of aliphatic hydroxyl groups is 1. The summed E-state index contributed by atoms with van der Waals surface area (Å²) in [4.78, 5) is 8.55. The first-order valence-electron chi connectivity index (χ1n) is 12.8. The van der Waals surface area contributed by atoms with Crippen molar-refractivity contribution in [3.05, 3.63) is 24.3 Å². The molecular weight excluding hydrogens is 426 g/mol. The van der Waals surface area contributed by atoms with Crippen LogP contribution in [0.15, 0.2) is 24.3 Å². The van der Waals surface area contributed by atoms with Crippen molar-refractivity contribution in [3.63, 3.8) is 0 Å². The van der Waals surface area contributed by atoms with E-state index >= 15 is 0 Å². The molecule has 0 saturated heterocycles. The molecule has 34 heavy (non-hydrogen) atoms. The summed E-state index contributed by atoms with van der Waals surface area (Å²) < 4.78 is 10.2. The third-order valence-electron chi connectivity index (χ3n) is 10.2. The summed E-state index contributed by atoms with van der Waals surface area (Å²) in [5, 5.41) is 10.9. The van der Waals surface area contributed by atoms with E-state index in [0.29, 0.717) is 17.7 Å². The molecule has 3 N–H and O–H groups in total. The lowest BCUT2D eigenvalue weighted by Gasteiger charge is -2.65. The SMILES string of the molecule is CO[C@@]1(C)[C@H](O)CC[C@@H]2[C@@](C)(CC/C(C)=C/Cn3c[n+](C)c4ncnc(N)c43)[C@H](C)CC[C@]21C. The molecule has 4 rings (SSSR count). The summed E-state index contributed by atoms with van der Waals surface area (Å²) in [5.74, 6) is 1.70. The number of hydrogen-bond acceptors (Lipinski definition) is 5. The number of ether oxygens (including phenoxy) is 1. The molecule has 2 aliphatic rings. The number of hydrogen-bond donors (Lipinski definition) is 2. The minimum atomic E-state index is -0.491. The van der Waals surface area contributed by atoms with E-state index in [9.17, 15) is 5.11 Å². The highest BCUT2D eigenvalue weighted by Crippen LogP contribution is 2.65. The van der Waals surface area contributed by atoms with Gasteiger partial charge in [0, 0.05) is 12.5 Å². The molecule has 2 aromatic heterocycles. The lowest BCUT2D eigenvalue weighted by atomic mass is 9.43. The van der Waals surface area contributed by atoms with Gasteiger partial charge in [0.15, 0.2) is 18.5 Å². The Bertz CT molecular complexity index is 1080. The smallest absolute Gasteiger partial charge is 0.307 e. The largest absolute Gasteiger partial charge is 0.390 e. The monoisotopic (exact) mass is 470 g/mol. The number of rotatable bonds is 6. The zero-order chi connectivity index (χ0) is 24.9. The Morgan fingerprint density at radius 2 is 2.03 bits per heavy atom. The van der Waals surface area contributed by atoms with Crippen molar-refractivity contribution in [2.24, 2.45) is 29.7 Å². The molecule has 0 bridgehead atoms. The topological polar surface area (TPSA) is 90.1 Å². The van der Waals surface area contributed by atoms with Gasteiger partial charge in [-0.15, -0.1) is 0 Å². The number of methoxy groups -OCH3 is 1. The summed E-state index contributed by atoms with van der Waals surface area (Å²) >= 11 is 0. The highest BCUT2D eigenvalue weighted by atomic mass is 16.5. The number of anilines is 1. The van der Waals surface area contributed by atoms with Gasteiger partial charge in [-0.1, -0.05) is 37.4 Å². The Morgan fingerprint density at radius 1 is 1.29 bits per heavy atom. The number of nitrogens with zero attached hydrogens (tertiary/aromatic N) is 4. The molecule has 2 heterocycles. The van der Waals surface area contributed by atoms with Gasteiger partial charge < -0.3 is 15.6 Å². The first kappa shape index (κ1) is 25.1. The maximum absolute atomic E-state index is 10.9. The molecule has 2 aromatic rings. The minimum Gasteiger partial charge on any atom is -0.390 e. The zero-order valence-corrected chi connectivity index (χ0v) is 22.1. The molecule has 6 atom stereocenters. The highest BCUT2D eigenvalue weighted by Gasteiger charge is 2.63. The van der Waals surface area contributed by atoms with Gasteiger partial charge >= 0.3 is 5.65 Å². The summed E-state index contributed by atoms with van der Waals surface area (Å²) in [6.07, 6.45) is 11.9. The van der Waals surface area contributed by atoms with Gasteiger partial charge in [-0.05, 0) is 69.6 Å². The number of aromatic nitrogens is 4. The van der Waals surface area contributed by atoms with Crippen LogP contribution in [-0.2, 0) is 18.3 Å². The van der Waals surface area contributed by atoms with Crippen molar-refractivity contribution in [2.75, 3.05) is 12.8 Å². The van der Waals surface area contributed by atoms with Crippen molar-refractivity contribution in [1.29, 1.82) is 0 Å². The number of aliphatic hydroxyl groups excluding tert-OH is 1. The Hall–Kier alpha value is -1.99. The van der Waals surface area contributed by atoms with Crippen molar-refractivity contribution < 1.29 is 14.4 Å². The normalized spacial score (nSPS) is 36.6. The Balaban J connectivity index is 1.53. The number of imidazole rings is 1. The molecule has 188 valence electrons. The predicted octanol–water partition coefficient (Wildman–Crippen LogP) is 4.18. The zero-order valence-electron chi connectivity index (χ0n) is 22.1. The second kappa shape index (κ2) is 8.90.